The Bertz CT molecular complexity index is 1150. The normalized spacial score (nSPS) is 10.8. The number of ether oxygens (including phenoxy) is 1. The van der Waals surface area contributed by atoms with E-state index in [2.05, 4.69) is 4.98 Å². The van der Waals surface area contributed by atoms with Gasteiger partial charge in [-0.3, -0.25) is 4.79 Å². The van der Waals surface area contributed by atoms with Gasteiger partial charge in [-0.1, -0.05) is 0 Å². The van der Waals surface area contributed by atoms with E-state index in [4.69, 9.17) is 9.15 Å². The van der Waals surface area contributed by atoms with Crippen LogP contribution in [0.25, 0.3) is 10.6 Å². The van der Waals surface area contributed by atoms with E-state index in [1.54, 1.807) is 41.8 Å². The average molecular weight is 440 g/mol. The minimum atomic E-state index is -0.641. The summed E-state index contributed by atoms with van der Waals surface area (Å²) < 4.78 is 37.4. The highest BCUT2D eigenvalue weighted by molar-refractivity contribution is 7.13. The summed E-state index contributed by atoms with van der Waals surface area (Å²) in [6, 6.07) is 14.0. The molecule has 8 heteroatoms. The SMILES string of the molecule is CN(Cc1ccco1)C(=O)c1csc(-c2ccc(OCc3cc(F)cc(F)c3)cc2)n1. The summed E-state index contributed by atoms with van der Waals surface area (Å²) in [6.07, 6.45) is 1.57. The lowest BCUT2D eigenvalue weighted by Crippen LogP contribution is -2.26. The zero-order chi connectivity index (χ0) is 21.8. The second-order valence-corrected chi connectivity index (χ2v) is 7.73. The molecule has 158 valence electrons. The molecule has 0 bridgehead atoms. The zero-order valence-corrected chi connectivity index (χ0v) is 17.4. The van der Waals surface area contributed by atoms with Crippen LogP contribution in [-0.2, 0) is 13.2 Å². The van der Waals surface area contributed by atoms with Crippen LogP contribution in [0.4, 0.5) is 8.78 Å². The highest BCUT2D eigenvalue weighted by Gasteiger charge is 2.17. The van der Waals surface area contributed by atoms with Crippen molar-refractivity contribution in [3.8, 4) is 16.3 Å². The Morgan fingerprint density at radius 2 is 1.87 bits per heavy atom. The number of carbonyl (C=O) groups excluding carboxylic acids is 1. The molecule has 0 unspecified atom stereocenters. The molecule has 0 aliphatic carbocycles. The third kappa shape index (κ3) is 5.16. The highest BCUT2D eigenvalue weighted by Crippen LogP contribution is 2.27. The molecular weight excluding hydrogens is 422 g/mol. The van der Waals surface area contributed by atoms with Crippen molar-refractivity contribution in [2.45, 2.75) is 13.2 Å². The third-order valence-electron chi connectivity index (χ3n) is 4.47. The monoisotopic (exact) mass is 440 g/mol. The Labute approximate surface area is 181 Å². The minimum Gasteiger partial charge on any atom is -0.489 e. The maximum Gasteiger partial charge on any atom is 0.273 e. The molecular formula is C23H18F2N2O3S. The minimum absolute atomic E-state index is 0.0476. The Morgan fingerprint density at radius 1 is 1.13 bits per heavy atom. The number of nitrogens with zero attached hydrogens (tertiary/aromatic N) is 2. The van der Waals surface area contributed by atoms with Crippen molar-refractivity contribution in [3.63, 3.8) is 0 Å². The van der Waals surface area contributed by atoms with Crippen molar-refractivity contribution in [2.24, 2.45) is 0 Å². The zero-order valence-electron chi connectivity index (χ0n) is 16.5. The number of furan rings is 1. The van der Waals surface area contributed by atoms with Crippen molar-refractivity contribution in [2.75, 3.05) is 7.05 Å². The predicted molar refractivity (Wildman–Crippen MR) is 113 cm³/mol. The summed E-state index contributed by atoms with van der Waals surface area (Å²) in [6.45, 7) is 0.409. The Morgan fingerprint density at radius 3 is 2.55 bits per heavy atom. The van der Waals surface area contributed by atoms with Crippen LogP contribution in [0.1, 0.15) is 21.8 Å². The molecule has 0 saturated heterocycles. The summed E-state index contributed by atoms with van der Waals surface area (Å²) in [4.78, 5) is 18.6. The number of thiazole rings is 1. The van der Waals surface area contributed by atoms with Gasteiger partial charge in [0.15, 0.2) is 0 Å². The van der Waals surface area contributed by atoms with Crippen molar-refractivity contribution in [3.05, 3.63) is 94.9 Å². The number of halogens is 2. The number of aromatic nitrogens is 1. The largest absolute Gasteiger partial charge is 0.489 e. The van der Waals surface area contributed by atoms with Gasteiger partial charge in [0.2, 0.25) is 0 Å². The molecule has 5 nitrogen and oxygen atoms in total. The maximum atomic E-state index is 13.3. The molecule has 2 heterocycles. The smallest absolute Gasteiger partial charge is 0.273 e. The molecule has 0 aliphatic rings. The van der Waals surface area contributed by atoms with Crippen molar-refractivity contribution in [1.82, 2.24) is 9.88 Å². The molecule has 1 amide bonds. The first-order chi connectivity index (χ1) is 15.0. The summed E-state index contributed by atoms with van der Waals surface area (Å²) in [5.41, 5.74) is 1.60. The van der Waals surface area contributed by atoms with Crippen molar-refractivity contribution < 1.29 is 22.7 Å². The quantitative estimate of drug-likeness (QED) is 0.379. The molecule has 0 saturated carbocycles. The van der Waals surface area contributed by atoms with E-state index in [1.807, 2.05) is 18.2 Å². The number of hydrogen-bond acceptors (Lipinski definition) is 5. The van der Waals surface area contributed by atoms with Gasteiger partial charge in [0.25, 0.3) is 5.91 Å². The summed E-state index contributed by atoms with van der Waals surface area (Å²) in [7, 11) is 1.69. The summed E-state index contributed by atoms with van der Waals surface area (Å²) in [5, 5.41) is 2.42. The van der Waals surface area contributed by atoms with E-state index in [9.17, 15) is 13.6 Å². The van der Waals surface area contributed by atoms with Gasteiger partial charge in [-0.15, -0.1) is 11.3 Å². The maximum absolute atomic E-state index is 13.3. The fourth-order valence-electron chi connectivity index (χ4n) is 2.96. The van der Waals surface area contributed by atoms with Crippen LogP contribution in [0.3, 0.4) is 0 Å². The molecule has 0 radical (unpaired) electrons. The number of hydrogen-bond donors (Lipinski definition) is 0. The number of amides is 1. The molecule has 0 spiro atoms. The lowest BCUT2D eigenvalue weighted by atomic mass is 10.2. The first-order valence-electron chi connectivity index (χ1n) is 9.39. The van der Waals surface area contributed by atoms with E-state index in [0.29, 0.717) is 34.3 Å². The van der Waals surface area contributed by atoms with Gasteiger partial charge >= 0.3 is 0 Å². The molecule has 0 aliphatic heterocycles. The van der Waals surface area contributed by atoms with Gasteiger partial charge < -0.3 is 14.1 Å². The van der Waals surface area contributed by atoms with Crippen LogP contribution in [0, 0.1) is 11.6 Å². The fraction of sp³-hybridized carbons (Fsp3) is 0.130. The van der Waals surface area contributed by atoms with Crippen LogP contribution in [0.5, 0.6) is 5.75 Å². The van der Waals surface area contributed by atoms with Gasteiger partial charge in [0.05, 0.1) is 12.8 Å². The van der Waals surface area contributed by atoms with Crippen LogP contribution in [0.2, 0.25) is 0 Å². The number of benzene rings is 2. The first kappa shape index (κ1) is 20.7. The standard InChI is InChI=1S/C23H18F2N2O3S/c1-27(12-20-3-2-8-29-20)23(28)21-14-31-22(26-21)16-4-6-19(7-5-16)30-13-15-9-17(24)11-18(25)10-15/h2-11,14H,12-13H2,1H3. The summed E-state index contributed by atoms with van der Waals surface area (Å²) in [5.74, 6) is -0.223. The van der Waals surface area contributed by atoms with Crippen molar-refractivity contribution in [1.29, 1.82) is 0 Å². The molecule has 0 atom stereocenters. The van der Waals surface area contributed by atoms with Crippen LogP contribution < -0.4 is 4.74 Å². The summed E-state index contributed by atoms with van der Waals surface area (Å²) >= 11 is 1.37. The Balaban J connectivity index is 1.39. The average Bonchev–Trinajstić information content (AvgIpc) is 3.44. The Kier molecular flexibility index (Phi) is 6.08. The van der Waals surface area contributed by atoms with E-state index in [1.165, 1.54) is 23.5 Å². The number of rotatable bonds is 7. The molecule has 4 rings (SSSR count). The van der Waals surface area contributed by atoms with Gasteiger partial charge in [0.1, 0.15) is 40.5 Å². The lowest BCUT2D eigenvalue weighted by molar-refractivity contribution is 0.0770. The van der Waals surface area contributed by atoms with Crippen LogP contribution in [-0.4, -0.2) is 22.8 Å². The number of carbonyl (C=O) groups is 1. The van der Waals surface area contributed by atoms with E-state index < -0.39 is 11.6 Å². The molecule has 31 heavy (non-hydrogen) atoms. The van der Waals surface area contributed by atoms with E-state index in [-0.39, 0.29) is 12.5 Å². The lowest BCUT2D eigenvalue weighted by Gasteiger charge is -2.13. The topological polar surface area (TPSA) is 55.6 Å². The van der Waals surface area contributed by atoms with Crippen LogP contribution in [0.15, 0.2) is 70.7 Å². The molecule has 2 aromatic heterocycles. The molecule has 0 fully saturated rings. The van der Waals surface area contributed by atoms with Gasteiger partial charge in [0, 0.05) is 24.1 Å². The second-order valence-electron chi connectivity index (χ2n) is 6.87. The third-order valence-corrected chi connectivity index (χ3v) is 5.36. The van der Waals surface area contributed by atoms with Gasteiger partial charge in [-0.25, -0.2) is 13.8 Å². The van der Waals surface area contributed by atoms with Crippen LogP contribution >= 0.6 is 11.3 Å². The predicted octanol–water partition coefficient (Wildman–Crippen LogP) is 5.53. The Hall–Kier alpha value is -3.52. The van der Waals surface area contributed by atoms with E-state index >= 15 is 0 Å². The van der Waals surface area contributed by atoms with Gasteiger partial charge in [-0.05, 0) is 54.1 Å². The van der Waals surface area contributed by atoms with E-state index in [0.717, 1.165) is 11.6 Å². The van der Waals surface area contributed by atoms with Crippen molar-refractivity contribution >= 4 is 17.2 Å². The fourth-order valence-corrected chi connectivity index (χ4v) is 3.76. The van der Waals surface area contributed by atoms with Gasteiger partial charge in [-0.2, -0.15) is 0 Å². The molecule has 4 aromatic rings. The second kappa shape index (κ2) is 9.09. The molecule has 0 N–H and O–H groups in total. The molecule has 2 aromatic carbocycles. The highest BCUT2D eigenvalue weighted by atomic mass is 32.1. The first-order valence-corrected chi connectivity index (χ1v) is 10.3.